The van der Waals surface area contributed by atoms with Crippen LogP contribution in [-0.2, 0) is 9.53 Å². The first-order valence-electron chi connectivity index (χ1n) is 6.88. The third-order valence-electron chi connectivity index (χ3n) is 4.34. The van der Waals surface area contributed by atoms with E-state index in [1.807, 2.05) is 11.8 Å². The van der Waals surface area contributed by atoms with Crippen LogP contribution in [0, 0.1) is 11.8 Å². The van der Waals surface area contributed by atoms with Gasteiger partial charge in [0.15, 0.2) is 0 Å². The first-order chi connectivity index (χ1) is 9.00. The van der Waals surface area contributed by atoms with Crippen molar-refractivity contribution in [1.82, 2.24) is 10.2 Å². The van der Waals surface area contributed by atoms with Crippen molar-refractivity contribution in [2.24, 2.45) is 11.8 Å². The summed E-state index contributed by atoms with van der Waals surface area (Å²) < 4.78 is 5.15. The predicted molar refractivity (Wildman–Crippen MR) is 68.8 cm³/mol. The summed E-state index contributed by atoms with van der Waals surface area (Å²) in [6.45, 7) is 5.38. The number of nitrogens with zero attached hydrogens (tertiary/aromatic N) is 1. The number of piperidine rings is 1. The van der Waals surface area contributed by atoms with E-state index in [2.05, 4.69) is 12.2 Å². The zero-order chi connectivity index (χ0) is 14.0. The first-order valence-corrected chi connectivity index (χ1v) is 6.88. The quantitative estimate of drug-likeness (QED) is 0.782. The summed E-state index contributed by atoms with van der Waals surface area (Å²) in [6, 6.07) is -0.394. The van der Waals surface area contributed by atoms with Crippen molar-refractivity contribution in [2.45, 2.75) is 38.8 Å². The lowest BCUT2D eigenvalue weighted by Crippen LogP contribution is -2.54. The normalized spacial score (nSPS) is 35.2. The molecule has 2 amide bonds. The van der Waals surface area contributed by atoms with Crippen molar-refractivity contribution >= 4 is 12.0 Å². The molecule has 6 heteroatoms. The lowest BCUT2D eigenvalue weighted by Gasteiger charge is -2.38. The molecule has 2 heterocycles. The fourth-order valence-corrected chi connectivity index (χ4v) is 2.80. The Morgan fingerprint density at radius 2 is 2.05 bits per heavy atom. The molecule has 0 bridgehead atoms. The SMILES string of the molecule is CC1CCCN(C(=O)NC2COCC2C(=O)O)C1C. The minimum atomic E-state index is -0.914. The zero-order valence-corrected chi connectivity index (χ0v) is 11.5. The summed E-state index contributed by atoms with van der Waals surface area (Å²) in [6.07, 6.45) is 2.14. The van der Waals surface area contributed by atoms with Crippen molar-refractivity contribution in [3.8, 4) is 0 Å². The smallest absolute Gasteiger partial charge is 0.317 e. The van der Waals surface area contributed by atoms with Gasteiger partial charge in [0.2, 0.25) is 0 Å². The Labute approximate surface area is 113 Å². The van der Waals surface area contributed by atoms with E-state index in [0.717, 1.165) is 19.4 Å². The number of amides is 2. The van der Waals surface area contributed by atoms with E-state index < -0.39 is 17.9 Å². The van der Waals surface area contributed by atoms with Crippen LogP contribution in [-0.4, -0.2) is 53.8 Å². The minimum Gasteiger partial charge on any atom is -0.481 e. The summed E-state index contributed by atoms with van der Waals surface area (Å²) in [5, 5.41) is 11.9. The van der Waals surface area contributed by atoms with Gasteiger partial charge in [-0.3, -0.25) is 4.79 Å². The maximum atomic E-state index is 12.2. The Bertz CT molecular complexity index is 361. The predicted octanol–water partition coefficient (Wildman–Crippen LogP) is 0.916. The van der Waals surface area contributed by atoms with Crippen molar-refractivity contribution in [1.29, 1.82) is 0 Å². The van der Waals surface area contributed by atoms with Crippen molar-refractivity contribution in [3.63, 3.8) is 0 Å². The van der Waals surface area contributed by atoms with Crippen LogP contribution >= 0.6 is 0 Å². The number of nitrogens with one attached hydrogen (secondary N) is 1. The van der Waals surface area contributed by atoms with Crippen LogP contribution in [0.2, 0.25) is 0 Å². The molecule has 0 aromatic carbocycles. The molecule has 0 aliphatic carbocycles. The molecule has 19 heavy (non-hydrogen) atoms. The van der Waals surface area contributed by atoms with Gasteiger partial charge in [-0.05, 0) is 25.7 Å². The van der Waals surface area contributed by atoms with Gasteiger partial charge in [0.25, 0.3) is 0 Å². The van der Waals surface area contributed by atoms with Crippen LogP contribution in [0.25, 0.3) is 0 Å². The maximum Gasteiger partial charge on any atom is 0.317 e. The van der Waals surface area contributed by atoms with Crippen molar-refractivity contribution < 1.29 is 19.4 Å². The average molecular weight is 270 g/mol. The summed E-state index contributed by atoms with van der Waals surface area (Å²) in [4.78, 5) is 25.1. The number of hydrogen-bond acceptors (Lipinski definition) is 3. The van der Waals surface area contributed by atoms with Crippen LogP contribution in [0.5, 0.6) is 0 Å². The molecule has 6 nitrogen and oxygen atoms in total. The van der Waals surface area contributed by atoms with Gasteiger partial charge in [0.05, 0.1) is 19.3 Å². The Kier molecular flexibility index (Phi) is 4.29. The number of ether oxygens (including phenoxy) is 1. The maximum absolute atomic E-state index is 12.2. The van der Waals surface area contributed by atoms with Crippen molar-refractivity contribution in [2.75, 3.05) is 19.8 Å². The number of carboxylic acid groups (broad SMARTS) is 1. The van der Waals surface area contributed by atoms with Gasteiger partial charge < -0.3 is 20.1 Å². The number of carboxylic acids is 1. The van der Waals surface area contributed by atoms with E-state index in [1.54, 1.807) is 0 Å². The van der Waals surface area contributed by atoms with Crippen molar-refractivity contribution in [3.05, 3.63) is 0 Å². The molecule has 0 spiro atoms. The van der Waals surface area contributed by atoms with E-state index in [4.69, 9.17) is 9.84 Å². The summed E-state index contributed by atoms with van der Waals surface area (Å²) in [5.74, 6) is -1.07. The van der Waals surface area contributed by atoms with Gasteiger partial charge in [-0.25, -0.2) is 4.79 Å². The molecular formula is C13H22N2O4. The molecule has 0 saturated carbocycles. The lowest BCUT2D eigenvalue weighted by molar-refractivity contribution is -0.142. The highest BCUT2D eigenvalue weighted by molar-refractivity contribution is 5.77. The molecule has 0 aromatic rings. The third-order valence-corrected chi connectivity index (χ3v) is 4.34. The monoisotopic (exact) mass is 270 g/mol. The average Bonchev–Trinajstić information content (AvgIpc) is 2.80. The standard InChI is InChI=1S/C13H22N2O4/c1-8-4-3-5-15(9(8)2)13(18)14-11-7-19-6-10(11)12(16)17/h8-11H,3-7H2,1-2H3,(H,14,18)(H,16,17). The minimum absolute atomic E-state index is 0.166. The summed E-state index contributed by atoms with van der Waals surface area (Å²) in [5.41, 5.74) is 0. The molecule has 0 aromatic heterocycles. The van der Waals surface area contributed by atoms with E-state index >= 15 is 0 Å². The number of carbonyl (C=O) groups excluding carboxylic acids is 1. The molecular weight excluding hydrogens is 248 g/mol. The highest BCUT2D eigenvalue weighted by atomic mass is 16.5. The van der Waals surface area contributed by atoms with Crippen LogP contribution in [0.3, 0.4) is 0 Å². The van der Waals surface area contributed by atoms with E-state index in [0.29, 0.717) is 5.92 Å². The van der Waals surface area contributed by atoms with Gasteiger partial charge in [-0.15, -0.1) is 0 Å². The molecule has 0 radical (unpaired) electrons. The van der Waals surface area contributed by atoms with Gasteiger partial charge in [-0.1, -0.05) is 6.92 Å². The Morgan fingerprint density at radius 3 is 2.74 bits per heavy atom. The number of likely N-dealkylation sites (tertiary alicyclic amines) is 1. The summed E-state index contributed by atoms with van der Waals surface area (Å²) in [7, 11) is 0. The number of rotatable bonds is 2. The van der Waals surface area contributed by atoms with E-state index in [-0.39, 0.29) is 25.3 Å². The molecule has 2 aliphatic rings. The molecule has 4 unspecified atom stereocenters. The Hall–Kier alpha value is -1.30. The number of aliphatic carboxylic acids is 1. The van der Waals surface area contributed by atoms with Gasteiger partial charge in [0.1, 0.15) is 5.92 Å². The topological polar surface area (TPSA) is 78.9 Å². The second-order valence-corrected chi connectivity index (χ2v) is 5.59. The highest BCUT2D eigenvalue weighted by Crippen LogP contribution is 2.23. The first kappa shape index (κ1) is 14.1. The van der Waals surface area contributed by atoms with E-state index in [9.17, 15) is 9.59 Å². The van der Waals surface area contributed by atoms with Gasteiger partial charge >= 0.3 is 12.0 Å². The van der Waals surface area contributed by atoms with Crippen LogP contribution < -0.4 is 5.32 Å². The van der Waals surface area contributed by atoms with Crippen LogP contribution in [0.4, 0.5) is 4.79 Å². The molecule has 4 atom stereocenters. The second kappa shape index (κ2) is 5.77. The molecule has 2 fully saturated rings. The highest BCUT2D eigenvalue weighted by Gasteiger charge is 2.37. The Balaban J connectivity index is 1.95. The fourth-order valence-electron chi connectivity index (χ4n) is 2.80. The van der Waals surface area contributed by atoms with E-state index in [1.165, 1.54) is 0 Å². The summed E-state index contributed by atoms with van der Waals surface area (Å²) >= 11 is 0. The number of hydrogen-bond donors (Lipinski definition) is 2. The molecule has 2 saturated heterocycles. The fraction of sp³-hybridized carbons (Fsp3) is 0.846. The van der Waals surface area contributed by atoms with Crippen LogP contribution in [0.15, 0.2) is 0 Å². The molecule has 2 aliphatic heterocycles. The molecule has 2 N–H and O–H groups in total. The molecule has 108 valence electrons. The number of urea groups is 1. The largest absolute Gasteiger partial charge is 0.481 e. The lowest BCUT2D eigenvalue weighted by atomic mass is 9.92. The third kappa shape index (κ3) is 3.00. The zero-order valence-electron chi connectivity index (χ0n) is 11.5. The Morgan fingerprint density at radius 1 is 1.32 bits per heavy atom. The second-order valence-electron chi connectivity index (χ2n) is 5.59. The number of carbonyl (C=O) groups is 2. The van der Waals surface area contributed by atoms with Gasteiger partial charge in [-0.2, -0.15) is 0 Å². The van der Waals surface area contributed by atoms with Crippen LogP contribution in [0.1, 0.15) is 26.7 Å². The van der Waals surface area contributed by atoms with Gasteiger partial charge in [0, 0.05) is 12.6 Å². The molecule has 2 rings (SSSR count).